The summed E-state index contributed by atoms with van der Waals surface area (Å²) >= 11 is 12.5. The number of nitrogens with zero attached hydrogens (tertiary/aromatic N) is 1. The predicted molar refractivity (Wildman–Crippen MR) is 155 cm³/mol. The first-order valence-electron chi connectivity index (χ1n) is 13.2. The second-order valence-corrected chi connectivity index (χ2v) is 11.0. The van der Waals surface area contributed by atoms with Crippen LogP contribution >= 0.6 is 23.2 Å². The summed E-state index contributed by atoms with van der Waals surface area (Å²) in [5.74, 6) is 1.18. The van der Waals surface area contributed by atoms with Crippen molar-refractivity contribution in [3.63, 3.8) is 0 Å². The van der Waals surface area contributed by atoms with Crippen molar-refractivity contribution in [1.82, 2.24) is 20.9 Å². The molecule has 9 heteroatoms. The molecule has 2 atom stereocenters. The Morgan fingerprint density at radius 1 is 0.897 bits per heavy atom. The zero-order valence-electron chi connectivity index (χ0n) is 22.3. The van der Waals surface area contributed by atoms with Gasteiger partial charge in [0.1, 0.15) is 11.5 Å². The molecule has 2 aliphatic heterocycles. The van der Waals surface area contributed by atoms with Crippen LogP contribution in [-0.4, -0.2) is 50.2 Å². The standard InChI is InChI=1S/C30H34Cl2N4O3/c1-19(2)39-26-13-12-24(38-3)18-25(26)30(29(37)36-16-14-33-15-17-36)34-27(20-4-8-22(31)9-5-20)28(35-30)21-6-10-23(32)11-7-21/h4-13,18-19,27-28,33-35H,14-17H2,1-3H3. The van der Waals surface area contributed by atoms with E-state index in [0.29, 0.717) is 40.2 Å². The van der Waals surface area contributed by atoms with Crippen LogP contribution in [-0.2, 0) is 10.5 Å². The lowest BCUT2D eigenvalue weighted by atomic mass is 9.95. The van der Waals surface area contributed by atoms with Crippen molar-refractivity contribution in [2.45, 2.75) is 37.7 Å². The highest BCUT2D eigenvalue weighted by Crippen LogP contribution is 2.45. The van der Waals surface area contributed by atoms with Gasteiger partial charge in [0.25, 0.3) is 5.91 Å². The van der Waals surface area contributed by atoms with E-state index in [1.54, 1.807) is 7.11 Å². The fourth-order valence-electron chi connectivity index (χ4n) is 5.35. The van der Waals surface area contributed by atoms with Crippen LogP contribution in [0.15, 0.2) is 66.7 Å². The van der Waals surface area contributed by atoms with Gasteiger partial charge in [-0.3, -0.25) is 15.4 Å². The lowest BCUT2D eigenvalue weighted by Gasteiger charge is -2.38. The number of piperazine rings is 1. The topological polar surface area (TPSA) is 74.9 Å². The Kier molecular flexibility index (Phi) is 8.35. The number of amides is 1. The number of halogens is 2. The van der Waals surface area contributed by atoms with Crippen LogP contribution in [0.3, 0.4) is 0 Å². The molecule has 7 nitrogen and oxygen atoms in total. The molecule has 39 heavy (non-hydrogen) atoms. The SMILES string of the molecule is COc1ccc(OC(C)C)c(C2(C(=O)N3CCNCC3)NC(c3ccc(Cl)cc3)C(c3ccc(Cl)cc3)N2)c1. The van der Waals surface area contributed by atoms with Crippen LogP contribution in [0.2, 0.25) is 10.0 Å². The quantitative estimate of drug-likeness (QED) is 0.370. The Labute approximate surface area is 239 Å². The number of rotatable bonds is 7. The molecular weight excluding hydrogens is 535 g/mol. The van der Waals surface area contributed by atoms with Gasteiger partial charge in [0.2, 0.25) is 0 Å². The minimum Gasteiger partial charge on any atom is -0.497 e. The molecule has 0 bridgehead atoms. The number of carbonyl (C=O) groups excluding carboxylic acids is 1. The lowest BCUT2D eigenvalue weighted by molar-refractivity contribution is -0.140. The van der Waals surface area contributed by atoms with Crippen LogP contribution in [0, 0.1) is 0 Å². The van der Waals surface area contributed by atoms with E-state index in [4.69, 9.17) is 32.7 Å². The second kappa shape index (κ2) is 11.7. The molecule has 0 aliphatic carbocycles. The van der Waals surface area contributed by atoms with Gasteiger partial charge >= 0.3 is 0 Å². The lowest BCUT2D eigenvalue weighted by Crippen LogP contribution is -2.61. The van der Waals surface area contributed by atoms with Gasteiger partial charge in [-0.2, -0.15) is 0 Å². The highest BCUT2D eigenvalue weighted by atomic mass is 35.5. The van der Waals surface area contributed by atoms with Crippen molar-refractivity contribution in [1.29, 1.82) is 0 Å². The van der Waals surface area contributed by atoms with Crippen LogP contribution < -0.4 is 25.4 Å². The van der Waals surface area contributed by atoms with Crippen LogP contribution in [0.5, 0.6) is 11.5 Å². The van der Waals surface area contributed by atoms with Crippen LogP contribution in [0.4, 0.5) is 0 Å². The van der Waals surface area contributed by atoms with E-state index < -0.39 is 5.66 Å². The molecule has 2 fully saturated rings. The Hall–Kier alpha value is -2.81. The van der Waals surface area contributed by atoms with E-state index in [2.05, 4.69) is 16.0 Å². The number of methoxy groups -OCH3 is 1. The summed E-state index contributed by atoms with van der Waals surface area (Å²) in [5.41, 5.74) is 1.37. The van der Waals surface area contributed by atoms with E-state index in [1.807, 2.05) is 85.5 Å². The van der Waals surface area contributed by atoms with E-state index in [1.165, 1.54) is 0 Å². The fraction of sp³-hybridized carbons (Fsp3) is 0.367. The molecule has 0 aromatic heterocycles. The van der Waals surface area contributed by atoms with Gasteiger partial charge in [0.15, 0.2) is 5.66 Å². The van der Waals surface area contributed by atoms with Gasteiger partial charge < -0.3 is 19.7 Å². The Balaban J connectivity index is 1.70. The highest BCUT2D eigenvalue weighted by molar-refractivity contribution is 6.30. The average molecular weight is 570 g/mol. The van der Waals surface area contributed by atoms with Crippen molar-refractivity contribution < 1.29 is 14.3 Å². The third-order valence-corrected chi connectivity index (χ3v) is 7.72. The molecule has 1 amide bonds. The van der Waals surface area contributed by atoms with Crippen molar-refractivity contribution in [2.24, 2.45) is 0 Å². The minimum atomic E-state index is -1.30. The third kappa shape index (κ3) is 5.74. The predicted octanol–water partition coefficient (Wildman–Crippen LogP) is 5.05. The zero-order chi connectivity index (χ0) is 27.6. The minimum absolute atomic E-state index is 0.0683. The number of ether oxygens (including phenoxy) is 2. The Bertz CT molecular complexity index is 1240. The van der Waals surface area contributed by atoms with E-state index in [9.17, 15) is 4.79 Å². The monoisotopic (exact) mass is 568 g/mol. The Morgan fingerprint density at radius 3 is 1.92 bits per heavy atom. The molecule has 3 aromatic rings. The summed E-state index contributed by atoms with van der Waals surface area (Å²) in [4.78, 5) is 16.6. The maximum Gasteiger partial charge on any atom is 0.262 e. The molecule has 0 saturated carbocycles. The summed E-state index contributed by atoms with van der Waals surface area (Å²) in [6.45, 7) is 6.62. The summed E-state index contributed by atoms with van der Waals surface area (Å²) in [7, 11) is 1.62. The number of benzene rings is 3. The number of carbonyl (C=O) groups is 1. The van der Waals surface area contributed by atoms with Crippen molar-refractivity contribution in [3.05, 3.63) is 93.5 Å². The second-order valence-electron chi connectivity index (χ2n) is 10.2. The Morgan fingerprint density at radius 2 is 1.44 bits per heavy atom. The van der Waals surface area contributed by atoms with Crippen molar-refractivity contribution in [3.8, 4) is 11.5 Å². The van der Waals surface area contributed by atoms with Crippen LogP contribution in [0.25, 0.3) is 0 Å². The van der Waals surface area contributed by atoms with Gasteiger partial charge in [-0.1, -0.05) is 47.5 Å². The molecule has 3 aromatic carbocycles. The first-order chi connectivity index (χ1) is 18.8. The van der Waals surface area contributed by atoms with Crippen molar-refractivity contribution in [2.75, 3.05) is 33.3 Å². The molecule has 206 valence electrons. The maximum atomic E-state index is 14.7. The van der Waals surface area contributed by atoms with Gasteiger partial charge in [-0.05, 0) is 67.4 Å². The summed E-state index contributed by atoms with van der Waals surface area (Å²) < 4.78 is 11.9. The van der Waals surface area contributed by atoms with E-state index in [-0.39, 0.29) is 24.1 Å². The van der Waals surface area contributed by atoms with Crippen LogP contribution in [0.1, 0.15) is 42.6 Å². The fourth-order valence-corrected chi connectivity index (χ4v) is 5.60. The zero-order valence-corrected chi connectivity index (χ0v) is 23.9. The maximum absolute atomic E-state index is 14.7. The third-order valence-electron chi connectivity index (χ3n) is 7.21. The van der Waals surface area contributed by atoms with Crippen molar-refractivity contribution >= 4 is 29.1 Å². The summed E-state index contributed by atoms with van der Waals surface area (Å²) in [5, 5.41) is 12.1. The molecule has 5 rings (SSSR count). The van der Waals surface area contributed by atoms with E-state index >= 15 is 0 Å². The number of nitrogens with one attached hydrogen (secondary N) is 3. The highest BCUT2D eigenvalue weighted by Gasteiger charge is 2.54. The molecule has 3 N–H and O–H groups in total. The van der Waals surface area contributed by atoms with Gasteiger partial charge in [0, 0.05) is 41.8 Å². The normalized spacial score (nSPS) is 23.2. The smallest absolute Gasteiger partial charge is 0.262 e. The molecule has 2 heterocycles. The number of hydrogen-bond donors (Lipinski definition) is 3. The average Bonchev–Trinajstić information content (AvgIpc) is 3.35. The first-order valence-corrected chi connectivity index (χ1v) is 14.0. The van der Waals surface area contributed by atoms with E-state index in [0.717, 1.165) is 24.2 Å². The molecule has 2 aliphatic rings. The summed E-state index contributed by atoms with van der Waals surface area (Å²) in [6.07, 6.45) is -0.0935. The molecule has 0 radical (unpaired) electrons. The first kappa shape index (κ1) is 27.7. The number of hydrogen-bond acceptors (Lipinski definition) is 6. The largest absolute Gasteiger partial charge is 0.497 e. The van der Waals surface area contributed by atoms with Gasteiger partial charge in [-0.15, -0.1) is 0 Å². The van der Waals surface area contributed by atoms with Gasteiger partial charge in [-0.25, -0.2) is 0 Å². The molecule has 2 saturated heterocycles. The van der Waals surface area contributed by atoms with Gasteiger partial charge in [0.05, 0.1) is 25.3 Å². The molecule has 0 spiro atoms. The summed E-state index contributed by atoms with van der Waals surface area (Å²) in [6, 6.07) is 20.5. The molecule has 2 unspecified atom stereocenters. The molecular formula is C30H34Cl2N4O3.